The average Bonchev–Trinajstić information content (AvgIpc) is 3.00. The zero-order valence-electron chi connectivity index (χ0n) is 17.3. The van der Waals surface area contributed by atoms with Gasteiger partial charge in [0.1, 0.15) is 11.4 Å². The van der Waals surface area contributed by atoms with E-state index in [2.05, 4.69) is 11.1 Å². The molecule has 0 saturated heterocycles. The molecule has 0 unspecified atom stereocenters. The van der Waals surface area contributed by atoms with Gasteiger partial charge in [-0.25, -0.2) is 4.99 Å². The van der Waals surface area contributed by atoms with Gasteiger partial charge < -0.3 is 9.47 Å². The van der Waals surface area contributed by atoms with Crippen LogP contribution in [0.4, 0.5) is 5.69 Å². The van der Waals surface area contributed by atoms with Crippen LogP contribution in [0.5, 0.6) is 5.75 Å². The summed E-state index contributed by atoms with van der Waals surface area (Å²) in [6.07, 6.45) is 1.81. The Hall–Kier alpha value is -2.57. The van der Waals surface area contributed by atoms with E-state index < -0.39 is 0 Å². The molecule has 6 heteroatoms. The number of carbonyl (C=O) groups is 1. The summed E-state index contributed by atoms with van der Waals surface area (Å²) in [6, 6.07) is 13.7. The molecule has 152 valence electrons. The smallest absolute Gasteiger partial charge is 0.283 e. The fraction of sp³-hybridized carbons (Fsp3) is 0.304. The minimum atomic E-state index is -0.121. The minimum Gasteiger partial charge on any atom is -0.497 e. The lowest BCUT2D eigenvalue weighted by molar-refractivity contribution is -0.113. The quantitative estimate of drug-likeness (QED) is 0.485. The molecule has 0 atom stereocenters. The highest BCUT2D eigenvalue weighted by Crippen LogP contribution is 2.31. The van der Waals surface area contributed by atoms with E-state index in [-0.39, 0.29) is 5.91 Å². The summed E-state index contributed by atoms with van der Waals surface area (Å²) in [5, 5.41) is 0.680. The van der Waals surface area contributed by atoms with Crippen molar-refractivity contribution >= 4 is 34.6 Å². The number of anilines is 1. The van der Waals surface area contributed by atoms with Crippen molar-refractivity contribution in [2.45, 2.75) is 20.8 Å². The molecule has 29 heavy (non-hydrogen) atoms. The lowest BCUT2D eigenvalue weighted by atomic mass is 10.1. The van der Waals surface area contributed by atoms with Crippen LogP contribution >= 0.6 is 11.8 Å². The van der Waals surface area contributed by atoms with Crippen molar-refractivity contribution in [3.8, 4) is 5.75 Å². The number of aryl methyl sites for hydroxylation is 2. The number of ether oxygens (including phenoxy) is 2. The van der Waals surface area contributed by atoms with Gasteiger partial charge in [-0.15, -0.1) is 0 Å². The van der Waals surface area contributed by atoms with Crippen LogP contribution < -0.4 is 9.64 Å². The Morgan fingerprint density at radius 1 is 1.10 bits per heavy atom. The van der Waals surface area contributed by atoms with Crippen LogP contribution in [-0.4, -0.2) is 37.2 Å². The molecule has 0 radical (unpaired) electrons. The van der Waals surface area contributed by atoms with Crippen molar-refractivity contribution in [3.63, 3.8) is 0 Å². The predicted molar refractivity (Wildman–Crippen MR) is 121 cm³/mol. The molecule has 0 aliphatic carbocycles. The molecular formula is C23H26N2O3S. The third-order valence-corrected chi connectivity index (χ3v) is 5.28. The SMILES string of the molecule is CCOCCSC1=N/C(=C\c2ccc(OC)cc2)C(=O)N1c1cc(C)cc(C)c1. The Morgan fingerprint density at radius 3 is 2.41 bits per heavy atom. The highest BCUT2D eigenvalue weighted by Gasteiger charge is 2.32. The molecular weight excluding hydrogens is 384 g/mol. The number of hydrogen-bond acceptors (Lipinski definition) is 5. The van der Waals surface area contributed by atoms with Crippen molar-refractivity contribution in [2.75, 3.05) is 31.0 Å². The molecule has 0 aromatic heterocycles. The molecule has 1 amide bonds. The van der Waals surface area contributed by atoms with Gasteiger partial charge >= 0.3 is 0 Å². The molecule has 1 heterocycles. The van der Waals surface area contributed by atoms with Crippen LogP contribution in [0, 0.1) is 13.8 Å². The normalized spacial score (nSPS) is 15.2. The highest BCUT2D eigenvalue weighted by molar-refractivity contribution is 8.14. The number of amidine groups is 1. The van der Waals surface area contributed by atoms with Crippen molar-refractivity contribution in [3.05, 3.63) is 64.9 Å². The summed E-state index contributed by atoms with van der Waals surface area (Å²) in [4.78, 5) is 19.6. The average molecular weight is 411 g/mol. The maximum Gasteiger partial charge on any atom is 0.283 e. The van der Waals surface area contributed by atoms with Gasteiger partial charge in [0.05, 0.1) is 19.4 Å². The van der Waals surface area contributed by atoms with E-state index in [1.807, 2.05) is 63.2 Å². The van der Waals surface area contributed by atoms with Crippen molar-refractivity contribution in [2.24, 2.45) is 4.99 Å². The van der Waals surface area contributed by atoms with E-state index in [0.29, 0.717) is 24.1 Å². The zero-order valence-corrected chi connectivity index (χ0v) is 18.1. The lowest BCUT2D eigenvalue weighted by Gasteiger charge is -2.19. The molecule has 0 N–H and O–H groups in total. The van der Waals surface area contributed by atoms with Gasteiger partial charge in [-0.2, -0.15) is 0 Å². The molecule has 1 aliphatic heterocycles. The molecule has 0 saturated carbocycles. The maximum absolute atomic E-state index is 13.2. The van der Waals surface area contributed by atoms with Crippen molar-refractivity contribution < 1.29 is 14.3 Å². The molecule has 0 bridgehead atoms. The highest BCUT2D eigenvalue weighted by atomic mass is 32.2. The first-order valence-electron chi connectivity index (χ1n) is 9.59. The first kappa shape index (κ1) is 21.1. The van der Waals surface area contributed by atoms with Crippen LogP contribution in [0.1, 0.15) is 23.6 Å². The molecule has 5 nitrogen and oxygen atoms in total. The topological polar surface area (TPSA) is 51.1 Å². The first-order chi connectivity index (χ1) is 14.0. The fourth-order valence-corrected chi connectivity index (χ4v) is 3.96. The molecule has 2 aromatic rings. The third-order valence-electron chi connectivity index (χ3n) is 4.38. The number of rotatable bonds is 7. The number of nitrogens with zero attached hydrogens (tertiary/aromatic N) is 2. The molecule has 3 rings (SSSR count). The second-order valence-corrected chi connectivity index (χ2v) is 7.79. The Balaban J connectivity index is 1.92. The standard InChI is InChI=1S/C23H26N2O3S/c1-5-28-10-11-29-23-24-21(15-18-6-8-20(27-4)9-7-18)22(26)25(23)19-13-16(2)12-17(3)14-19/h6-9,12-15H,5,10-11H2,1-4H3/b21-15-. The van der Waals surface area contributed by atoms with Gasteiger partial charge in [-0.1, -0.05) is 30.0 Å². The number of benzene rings is 2. The number of hydrogen-bond donors (Lipinski definition) is 0. The third kappa shape index (κ3) is 5.28. The Kier molecular flexibility index (Phi) is 7.12. The minimum absolute atomic E-state index is 0.121. The van der Waals surface area contributed by atoms with Crippen molar-refractivity contribution in [1.29, 1.82) is 0 Å². The zero-order chi connectivity index (χ0) is 20.8. The number of aliphatic imine (C=N–C) groups is 1. The van der Waals surface area contributed by atoms with Gasteiger partial charge in [0.2, 0.25) is 0 Å². The van der Waals surface area contributed by atoms with Gasteiger partial charge in [-0.05, 0) is 67.8 Å². The van der Waals surface area contributed by atoms with E-state index in [4.69, 9.17) is 9.47 Å². The predicted octanol–water partition coefficient (Wildman–Crippen LogP) is 4.83. The Labute approximate surface area is 176 Å². The van der Waals surface area contributed by atoms with Gasteiger partial charge in [0.15, 0.2) is 5.17 Å². The maximum atomic E-state index is 13.2. The van der Waals surface area contributed by atoms with Crippen LogP contribution in [0.15, 0.2) is 53.2 Å². The Morgan fingerprint density at radius 2 is 1.79 bits per heavy atom. The van der Waals surface area contributed by atoms with Crippen LogP contribution in [0.25, 0.3) is 6.08 Å². The number of methoxy groups -OCH3 is 1. The number of amides is 1. The van der Waals surface area contributed by atoms with E-state index in [1.54, 1.807) is 12.0 Å². The van der Waals surface area contributed by atoms with Crippen LogP contribution in [0.2, 0.25) is 0 Å². The van der Waals surface area contributed by atoms with E-state index in [1.165, 1.54) is 11.8 Å². The summed E-state index contributed by atoms with van der Waals surface area (Å²) < 4.78 is 10.6. The lowest BCUT2D eigenvalue weighted by Crippen LogP contribution is -2.30. The Bertz CT molecular complexity index is 915. The van der Waals surface area contributed by atoms with E-state index >= 15 is 0 Å². The van der Waals surface area contributed by atoms with Gasteiger partial charge in [-0.3, -0.25) is 9.69 Å². The van der Waals surface area contributed by atoms with E-state index in [9.17, 15) is 4.79 Å². The summed E-state index contributed by atoms with van der Waals surface area (Å²) in [5.74, 6) is 1.39. The summed E-state index contributed by atoms with van der Waals surface area (Å²) in [7, 11) is 1.63. The number of thioether (sulfide) groups is 1. The first-order valence-corrected chi connectivity index (χ1v) is 10.6. The van der Waals surface area contributed by atoms with Crippen molar-refractivity contribution in [1.82, 2.24) is 0 Å². The molecule has 2 aromatic carbocycles. The second-order valence-electron chi connectivity index (χ2n) is 6.73. The molecule has 0 fully saturated rings. The monoisotopic (exact) mass is 410 g/mol. The fourth-order valence-electron chi connectivity index (χ4n) is 3.09. The molecule has 1 aliphatic rings. The largest absolute Gasteiger partial charge is 0.497 e. The second kappa shape index (κ2) is 9.76. The van der Waals surface area contributed by atoms with Crippen LogP contribution in [0.3, 0.4) is 0 Å². The van der Waals surface area contributed by atoms with Crippen LogP contribution in [-0.2, 0) is 9.53 Å². The van der Waals surface area contributed by atoms with Gasteiger partial charge in [0, 0.05) is 12.4 Å². The van der Waals surface area contributed by atoms with E-state index in [0.717, 1.165) is 33.9 Å². The molecule has 0 spiro atoms. The summed E-state index contributed by atoms with van der Waals surface area (Å²) in [5.41, 5.74) is 4.39. The number of carbonyl (C=O) groups excluding carboxylic acids is 1. The van der Waals surface area contributed by atoms with Gasteiger partial charge in [0.25, 0.3) is 5.91 Å². The summed E-state index contributed by atoms with van der Waals surface area (Å²) in [6.45, 7) is 7.33. The summed E-state index contributed by atoms with van der Waals surface area (Å²) >= 11 is 1.53.